The van der Waals surface area contributed by atoms with E-state index >= 15 is 0 Å². The van der Waals surface area contributed by atoms with Gasteiger partial charge in [0.25, 0.3) is 0 Å². The highest BCUT2D eigenvalue weighted by molar-refractivity contribution is 7.09. The first kappa shape index (κ1) is 13.2. The van der Waals surface area contributed by atoms with Crippen LogP contribution in [0.1, 0.15) is 35.1 Å². The Bertz CT molecular complexity index is 464. The molecule has 3 N–H and O–H groups in total. The van der Waals surface area contributed by atoms with E-state index in [4.69, 9.17) is 5.73 Å². The summed E-state index contributed by atoms with van der Waals surface area (Å²) in [5.41, 5.74) is 8.59. The Balaban J connectivity index is 1.88. The predicted molar refractivity (Wildman–Crippen MR) is 76.6 cm³/mol. The van der Waals surface area contributed by atoms with E-state index in [2.05, 4.69) is 48.4 Å². The average molecular weight is 261 g/mol. The number of benzene rings is 1. The molecular weight excluding hydrogens is 242 g/mol. The molecule has 3 nitrogen and oxygen atoms in total. The summed E-state index contributed by atoms with van der Waals surface area (Å²) in [6.07, 6.45) is 1.83. The monoisotopic (exact) mass is 261 g/mol. The molecule has 1 aromatic carbocycles. The smallest absolute Gasteiger partial charge is 0.109 e. The summed E-state index contributed by atoms with van der Waals surface area (Å²) in [6, 6.07) is 8.65. The maximum atomic E-state index is 6.17. The zero-order valence-corrected chi connectivity index (χ0v) is 11.6. The molecule has 0 aliphatic heterocycles. The van der Waals surface area contributed by atoms with Gasteiger partial charge in [-0.3, -0.25) is 0 Å². The van der Waals surface area contributed by atoms with Crippen molar-refractivity contribution >= 4 is 11.3 Å². The van der Waals surface area contributed by atoms with Crippen molar-refractivity contribution in [3.8, 4) is 0 Å². The molecule has 0 saturated carbocycles. The van der Waals surface area contributed by atoms with Gasteiger partial charge in [0.1, 0.15) is 5.01 Å². The Labute approximate surface area is 112 Å². The number of thiazole rings is 1. The van der Waals surface area contributed by atoms with Gasteiger partial charge in [0, 0.05) is 24.2 Å². The van der Waals surface area contributed by atoms with Crippen molar-refractivity contribution < 1.29 is 0 Å². The lowest BCUT2D eigenvalue weighted by Gasteiger charge is -2.16. The molecule has 4 heteroatoms. The normalized spacial score (nSPS) is 14.4. The van der Waals surface area contributed by atoms with Crippen LogP contribution in [0, 0.1) is 6.92 Å². The molecule has 2 aromatic rings. The van der Waals surface area contributed by atoms with E-state index in [-0.39, 0.29) is 12.1 Å². The van der Waals surface area contributed by atoms with Gasteiger partial charge in [-0.15, -0.1) is 11.3 Å². The summed E-state index contributed by atoms with van der Waals surface area (Å²) in [5.74, 6) is 0. The van der Waals surface area contributed by atoms with Crippen LogP contribution in [0.2, 0.25) is 0 Å². The summed E-state index contributed by atoms with van der Waals surface area (Å²) in [5, 5.41) is 6.52. The van der Waals surface area contributed by atoms with Gasteiger partial charge in [0.2, 0.25) is 0 Å². The summed E-state index contributed by atoms with van der Waals surface area (Å²) >= 11 is 1.67. The first-order valence-electron chi connectivity index (χ1n) is 6.11. The van der Waals surface area contributed by atoms with Gasteiger partial charge in [-0.2, -0.15) is 0 Å². The number of nitrogens with zero attached hydrogens (tertiary/aromatic N) is 1. The molecule has 0 aliphatic carbocycles. The van der Waals surface area contributed by atoms with Crippen LogP contribution in [-0.2, 0) is 0 Å². The van der Waals surface area contributed by atoms with Crippen LogP contribution in [0.25, 0.3) is 0 Å². The van der Waals surface area contributed by atoms with E-state index in [9.17, 15) is 0 Å². The minimum atomic E-state index is 0.0213. The zero-order valence-electron chi connectivity index (χ0n) is 10.8. The highest BCUT2D eigenvalue weighted by Crippen LogP contribution is 2.16. The SMILES string of the molecule is Cc1ccc(C(N)CNC(C)c2nccs2)cc1. The van der Waals surface area contributed by atoms with Gasteiger partial charge in [-0.05, 0) is 19.4 Å². The molecular formula is C14H19N3S. The number of nitrogens with one attached hydrogen (secondary N) is 1. The van der Waals surface area contributed by atoms with E-state index in [1.807, 2.05) is 11.6 Å². The largest absolute Gasteiger partial charge is 0.323 e. The first-order chi connectivity index (χ1) is 8.66. The lowest BCUT2D eigenvalue weighted by Crippen LogP contribution is -2.29. The molecule has 0 saturated heterocycles. The number of nitrogens with two attached hydrogens (primary N) is 1. The van der Waals surface area contributed by atoms with Crippen molar-refractivity contribution in [3.05, 3.63) is 52.0 Å². The van der Waals surface area contributed by atoms with Crippen LogP contribution < -0.4 is 11.1 Å². The molecule has 0 radical (unpaired) electrons. The Morgan fingerprint density at radius 2 is 2.06 bits per heavy atom. The van der Waals surface area contributed by atoms with Gasteiger partial charge in [0.15, 0.2) is 0 Å². The summed E-state index contributed by atoms with van der Waals surface area (Å²) < 4.78 is 0. The molecule has 0 fully saturated rings. The number of rotatable bonds is 5. The van der Waals surface area contributed by atoms with Crippen molar-refractivity contribution in [3.63, 3.8) is 0 Å². The molecule has 18 heavy (non-hydrogen) atoms. The van der Waals surface area contributed by atoms with Gasteiger partial charge < -0.3 is 11.1 Å². The topological polar surface area (TPSA) is 50.9 Å². The van der Waals surface area contributed by atoms with Crippen LogP contribution in [0.15, 0.2) is 35.8 Å². The fraction of sp³-hybridized carbons (Fsp3) is 0.357. The van der Waals surface area contributed by atoms with Crippen LogP contribution >= 0.6 is 11.3 Å². The molecule has 0 spiro atoms. The molecule has 0 aliphatic rings. The van der Waals surface area contributed by atoms with Crippen molar-refractivity contribution in [1.29, 1.82) is 0 Å². The molecule has 2 unspecified atom stereocenters. The molecule has 0 amide bonds. The maximum absolute atomic E-state index is 6.17. The predicted octanol–water partition coefficient (Wildman–Crippen LogP) is 2.80. The van der Waals surface area contributed by atoms with E-state index in [1.165, 1.54) is 11.1 Å². The third-order valence-corrected chi connectivity index (χ3v) is 3.93. The van der Waals surface area contributed by atoms with Crippen molar-refractivity contribution in [2.45, 2.75) is 25.9 Å². The maximum Gasteiger partial charge on any atom is 0.109 e. The van der Waals surface area contributed by atoms with E-state index in [0.717, 1.165) is 11.6 Å². The lowest BCUT2D eigenvalue weighted by atomic mass is 10.1. The fourth-order valence-corrected chi connectivity index (χ4v) is 2.44. The Hall–Kier alpha value is -1.23. The molecule has 96 valence electrons. The number of aromatic nitrogens is 1. The van der Waals surface area contributed by atoms with Crippen molar-refractivity contribution in [2.75, 3.05) is 6.54 Å². The zero-order chi connectivity index (χ0) is 13.0. The second-order valence-corrected chi connectivity index (χ2v) is 5.44. The minimum Gasteiger partial charge on any atom is -0.323 e. The Morgan fingerprint density at radius 1 is 1.33 bits per heavy atom. The first-order valence-corrected chi connectivity index (χ1v) is 6.99. The summed E-state index contributed by atoms with van der Waals surface area (Å²) in [7, 11) is 0. The summed E-state index contributed by atoms with van der Waals surface area (Å²) in [6.45, 7) is 4.95. The second kappa shape index (κ2) is 6.09. The summed E-state index contributed by atoms with van der Waals surface area (Å²) in [4.78, 5) is 4.29. The van der Waals surface area contributed by atoms with Gasteiger partial charge in [-0.25, -0.2) is 4.98 Å². The van der Waals surface area contributed by atoms with Crippen LogP contribution in [0.4, 0.5) is 0 Å². The second-order valence-electron chi connectivity index (χ2n) is 4.52. The van der Waals surface area contributed by atoms with Crippen molar-refractivity contribution in [1.82, 2.24) is 10.3 Å². The van der Waals surface area contributed by atoms with Gasteiger partial charge in [0.05, 0.1) is 6.04 Å². The molecule has 1 heterocycles. The Morgan fingerprint density at radius 3 is 2.67 bits per heavy atom. The minimum absolute atomic E-state index is 0.0213. The van der Waals surface area contributed by atoms with E-state index in [1.54, 1.807) is 11.3 Å². The Kier molecular flexibility index (Phi) is 4.47. The standard InChI is InChI=1S/C14H19N3S/c1-10-3-5-12(6-4-10)13(15)9-17-11(2)14-16-7-8-18-14/h3-8,11,13,17H,9,15H2,1-2H3. The van der Waals surface area contributed by atoms with Crippen LogP contribution in [0.5, 0.6) is 0 Å². The number of aryl methyl sites for hydroxylation is 1. The van der Waals surface area contributed by atoms with Crippen molar-refractivity contribution in [2.24, 2.45) is 5.73 Å². The molecule has 1 aromatic heterocycles. The molecule has 2 rings (SSSR count). The quantitative estimate of drug-likeness (QED) is 0.870. The lowest BCUT2D eigenvalue weighted by molar-refractivity contribution is 0.525. The fourth-order valence-electron chi connectivity index (χ4n) is 1.77. The average Bonchev–Trinajstić information content (AvgIpc) is 2.90. The van der Waals surface area contributed by atoms with Gasteiger partial charge in [-0.1, -0.05) is 29.8 Å². The third-order valence-electron chi connectivity index (χ3n) is 2.97. The number of hydrogen-bond acceptors (Lipinski definition) is 4. The number of hydrogen-bond donors (Lipinski definition) is 2. The van der Waals surface area contributed by atoms with Gasteiger partial charge >= 0.3 is 0 Å². The van der Waals surface area contributed by atoms with E-state index < -0.39 is 0 Å². The van der Waals surface area contributed by atoms with Crippen LogP contribution in [0.3, 0.4) is 0 Å². The third kappa shape index (κ3) is 3.38. The van der Waals surface area contributed by atoms with Crippen LogP contribution in [-0.4, -0.2) is 11.5 Å². The highest BCUT2D eigenvalue weighted by Gasteiger charge is 2.10. The highest BCUT2D eigenvalue weighted by atomic mass is 32.1. The molecule has 0 bridgehead atoms. The molecule has 2 atom stereocenters. The van der Waals surface area contributed by atoms with E-state index in [0.29, 0.717) is 0 Å².